The van der Waals surface area contributed by atoms with E-state index in [0.29, 0.717) is 0 Å². The van der Waals surface area contributed by atoms with Gasteiger partial charge < -0.3 is 14.7 Å². The van der Waals surface area contributed by atoms with E-state index in [9.17, 15) is 0 Å². The van der Waals surface area contributed by atoms with Gasteiger partial charge in [-0.2, -0.15) is 0 Å². The molecule has 10 aromatic rings. The van der Waals surface area contributed by atoms with Crippen molar-refractivity contribution in [2.24, 2.45) is 0 Å². The van der Waals surface area contributed by atoms with Gasteiger partial charge in [0.05, 0.1) is 21.8 Å². The highest BCUT2D eigenvalue weighted by atomic mass is 32.1. The van der Waals surface area contributed by atoms with Crippen LogP contribution in [0.3, 0.4) is 0 Å². The second kappa shape index (κ2) is 16.2. The largest absolute Gasteiger partial charge is 0.310 e. The Hall–Kier alpha value is -6.60. The molecule has 0 atom stereocenters. The number of hydrogen-bond donors (Lipinski definition) is 0. The molecule has 8 aromatic carbocycles. The van der Waals surface area contributed by atoms with Crippen LogP contribution in [-0.2, 0) is 16.2 Å². The molecule has 71 heavy (non-hydrogen) atoms. The Kier molecular flexibility index (Phi) is 10.4. The van der Waals surface area contributed by atoms with E-state index in [1.165, 1.54) is 113 Å². The summed E-state index contributed by atoms with van der Waals surface area (Å²) in [5, 5.41) is 3.90. The second-order valence-electron chi connectivity index (χ2n) is 23.3. The Bertz CT molecular complexity index is 3680. The monoisotopic (exact) mass is 959 g/mol. The summed E-state index contributed by atoms with van der Waals surface area (Å²) in [6, 6.07) is 61.1. The molecule has 352 valence electrons. The van der Waals surface area contributed by atoms with Gasteiger partial charge in [-0.1, -0.05) is 152 Å². The first kappa shape index (κ1) is 45.5. The topological polar surface area (TPSA) is 9.72 Å². The third-order valence-electron chi connectivity index (χ3n) is 15.1. The lowest BCUT2D eigenvalue weighted by Gasteiger charge is -2.45. The number of anilines is 9. The number of nitrogens with zero attached hydrogens (tertiary/aromatic N) is 3. The number of hydrogen-bond acceptors (Lipinski definition) is 5. The number of aryl methyl sites for hydroxylation is 3. The summed E-state index contributed by atoms with van der Waals surface area (Å²) in [7, 11) is 0. The van der Waals surface area contributed by atoms with Gasteiger partial charge in [-0.3, -0.25) is 0 Å². The fourth-order valence-electron chi connectivity index (χ4n) is 11.2. The van der Waals surface area contributed by atoms with Gasteiger partial charge in [-0.15, -0.1) is 22.7 Å². The van der Waals surface area contributed by atoms with Crippen molar-refractivity contribution in [3.8, 4) is 0 Å². The molecule has 0 N–H and O–H groups in total. The van der Waals surface area contributed by atoms with Crippen LogP contribution in [0.4, 0.5) is 51.2 Å². The second-order valence-corrected chi connectivity index (χ2v) is 25.5. The molecule has 0 saturated heterocycles. The lowest BCUT2D eigenvalue weighted by molar-refractivity contribution is 0.590. The predicted octanol–water partition coefficient (Wildman–Crippen LogP) is 17.6. The molecule has 0 saturated carbocycles. The molecule has 3 nitrogen and oxygen atoms in total. The van der Waals surface area contributed by atoms with Crippen LogP contribution < -0.4 is 30.4 Å². The maximum Gasteiger partial charge on any atom is 0.264 e. The van der Waals surface area contributed by atoms with Gasteiger partial charge in [-0.05, 0) is 149 Å². The van der Waals surface area contributed by atoms with E-state index in [1.807, 2.05) is 22.7 Å². The fourth-order valence-corrected chi connectivity index (χ4v) is 13.7. The molecule has 0 radical (unpaired) electrons. The SMILES string of the molecule is Cc1ccc(N(c2ccc(C)cc2)c2c3c(cc4c2sc2ccccc24)B2c4sc5ccc(C(C)(C)C)cc5c4N(c4ccc(C(C)(C)C)cc4)c4cc(C)cc(c42)N3c2ccc(C(C)(C)C)cc2)cc1. The van der Waals surface area contributed by atoms with Gasteiger partial charge in [0.1, 0.15) is 0 Å². The van der Waals surface area contributed by atoms with Crippen molar-refractivity contribution < 1.29 is 0 Å². The number of fused-ring (bicyclic) bond motifs is 9. The molecule has 0 unspecified atom stereocenters. The molecule has 4 heterocycles. The molecule has 0 amide bonds. The van der Waals surface area contributed by atoms with E-state index in [-0.39, 0.29) is 23.0 Å². The van der Waals surface area contributed by atoms with Crippen molar-refractivity contribution in [1.82, 2.24) is 0 Å². The van der Waals surface area contributed by atoms with Crippen molar-refractivity contribution in [3.63, 3.8) is 0 Å². The molecule has 12 rings (SSSR count). The highest BCUT2D eigenvalue weighted by Gasteiger charge is 2.47. The van der Waals surface area contributed by atoms with Gasteiger partial charge >= 0.3 is 0 Å². The van der Waals surface area contributed by atoms with Crippen LogP contribution in [-0.4, -0.2) is 6.71 Å². The molecule has 2 aromatic heterocycles. The van der Waals surface area contributed by atoms with Crippen molar-refractivity contribution in [3.05, 3.63) is 191 Å². The van der Waals surface area contributed by atoms with Crippen LogP contribution in [0.2, 0.25) is 0 Å². The maximum atomic E-state index is 2.65. The van der Waals surface area contributed by atoms with Crippen LogP contribution in [0.5, 0.6) is 0 Å². The minimum absolute atomic E-state index is 0.00147. The van der Waals surface area contributed by atoms with E-state index in [0.717, 1.165) is 17.1 Å². The molecule has 0 fully saturated rings. The highest BCUT2D eigenvalue weighted by Crippen LogP contribution is 2.55. The quantitative estimate of drug-likeness (QED) is 0.159. The normalized spacial score (nSPS) is 13.5. The minimum atomic E-state index is -0.0593. The van der Waals surface area contributed by atoms with E-state index < -0.39 is 0 Å². The molecular weight excluding hydrogens is 898 g/mol. The van der Waals surface area contributed by atoms with Crippen molar-refractivity contribution in [1.29, 1.82) is 0 Å². The van der Waals surface area contributed by atoms with Crippen LogP contribution in [0, 0.1) is 20.8 Å². The summed E-state index contributed by atoms with van der Waals surface area (Å²) < 4.78 is 5.27. The Morgan fingerprint density at radius 1 is 0.437 bits per heavy atom. The summed E-state index contributed by atoms with van der Waals surface area (Å²) >= 11 is 3.90. The van der Waals surface area contributed by atoms with Gasteiger partial charge in [0.15, 0.2) is 0 Å². The van der Waals surface area contributed by atoms with Crippen molar-refractivity contribution in [2.45, 2.75) is 99.3 Å². The Morgan fingerprint density at radius 3 is 1.46 bits per heavy atom. The Labute approximate surface area is 429 Å². The zero-order valence-corrected chi connectivity index (χ0v) is 44.9. The van der Waals surface area contributed by atoms with Crippen LogP contribution >= 0.6 is 22.7 Å². The molecular formula is C65H62BN3S2. The molecule has 0 bridgehead atoms. The van der Waals surface area contributed by atoms with E-state index in [4.69, 9.17) is 0 Å². The highest BCUT2D eigenvalue weighted by molar-refractivity contribution is 7.34. The molecule has 0 aliphatic carbocycles. The van der Waals surface area contributed by atoms with E-state index in [2.05, 4.69) is 256 Å². The molecule has 2 aliphatic rings. The first-order valence-electron chi connectivity index (χ1n) is 25.3. The molecule has 0 spiro atoms. The molecule has 6 heteroatoms. The maximum absolute atomic E-state index is 2.65. The van der Waals surface area contributed by atoms with Gasteiger partial charge in [0.25, 0.3) is 6.71 Å². The van der Waals surface area contributed by atoms with Gasteiger partial charge in [0, 0.05) is 64.5 Å². The predicted molar refractivity (Wildman–Crippen MR) is 314 cm³/mol. The van der Waals surface area contributed by atoms with Crippen molar-refractivity contribution >= 4 is 127 Å². The fraction of sp³-hybridized carbons (Fsp3) is 0.231. The first-order valence-corrected chi connectivity index (χ1v) is 26.9. The smallest absolute Gasteiger partial charge is 0.264 e. The third kappa shape index (κ3) is 7.43. The number of benzene rings is 8. The van der Waals surface area contributed by atoms with Gasteiger partial charge in [-0.25, -0.2) is 0 Å². The molecule has 2 aliphatic heterocycles. The van der Waals surface area contributed by atoms with Gasteiger partial charge in [0.2, 0.25) is 0 Å². The van der Waals surface area contributed by atoms with Crippen LogP contribution in [0.15, 0.2) is 158 Å². The number of thiophene rings is 2. The lowest BCUT2D eigenvalue weighted by Crippen LogP contribution is -2.60. The number of rotatable bonds is 5. The first-order chi connectivity index (χ1) is 33.8. The van der Waals surface area contributed by atoms with Crippen LogP contribution in [0.1, 0.15) is 95.7 Å². The summed E-state index contributed by atoms with van der Waals surface area (Å²) in [4.78, 5) is 7.85. The summed E-state index contributed by atoms with van der Waals surface area (Å²) in [5.74, 6) is 0. The average Bonchev–Trinajstić information content (AvgIpc) is 3.90. The standard InChI is InChI=1S/C65H62BN3S2/c1-39-17-26-45(27-18-39)67(46-28-19-40(2)20-29-46)60-59-52(38-50-49-15-13-14-16-55(49)70-61(50)60)66-57-53(35-41(3)36-54(57)69(59)48-32-23-43(24-33-48)64(7,8)9)68(47-30-21-42(22-31-47)63(4,5)6)58-51-37-44(65(10,11)12)25-34-56(51)71-62(58)66/h13-38H,1-12H3. The summed E-state index contributed by atoms with van der Waals surface area (Å²) in [6.07, 6.45) is 0. The third-order valence-corrected chi connectivity index (χ3v) is 17.5. The van der Waals surface area contributed by atoms with E-state index in [1.54, 1.807) is 0 Å². The zero-order valence-electron chi connectivity index (χ0n) is 43.2. The average molecular weight is 960 g/mol. The summed E-state index contributed by atoms with van der Waals surface area (Å²) in [6.45, 7) is 27.5. The zero-order chi connectivity index (χ0) is 49.5. The lowest BCUT2D eigenvalue weighted by atomic mass is 9.36. The Morgan fingerprint density at radius 2 is 0.930 bits per heavy atom. The van der Waals surface area contributed by atoms with E-state index >= 15 is 0 Å². The van der Waals surface area contributed by atoms with Crippen molar-refractivity contribution in [2.75, 3.05) is 14.7 Å². The van der Waals surface area contributed by atoms with Crippen LogP contribution in [0.25, 0.3) is 30.3 Å². The minimum Gasteiger partial charge on any atom is -0.310 e. The summed E-state index contributed by atoms with van der Waals surface area (Å²) in [5.41, 5.74) is 21.2. The Balaban J connectivity index is 1.27.